The summed E-state index contributed by atoms with van der Waals surface area (Å²) in [4.78, 5) is 12.0. The van der Waals surface area contributed by atoms with Crippen LogP contribution in [0, 0.1) is 28.1 Å². The van der Waals surface area contributed by atoms with Gasteiger partial charge in [0.05, 0.1) is 5.92 Å². The van der Waals surface area contributed by atoms with Gasteiger partial charge in [0.25, 0.3) is 0 Å². The number of ketones is 1. The first-order valence-electron chi connectivity index (χ1n) is 5.00. The molecule has 2 aliphatic rings. The number of fused-ring (bicyclic) bond motifs is 2. The number of hydrogen-bond donors (Lipinski definition) is 1. The molecule has 0 aromatic carbocycles. The molecule has 0 aliphatic heterocycles. The lowest BCUT2D eigenvalue weighted by Gasteiger charge is -2.32. The number of rotatable bonds is 1. The minimum atomic E-state index is -0.153. The highest BCUT2D eigenvalue weighted by atomic mass is 16.1. The molecule has 0 heterocycles. The highest BCUT2D eigenvalue weighted by Gasteiger charge is 2.65. The van der Waals surface area contributed by atoms with Gasteiger partial charge in [-0.05, 0) is 24.2 Å². The monoisotopic (exact) mass is 179 g/mol. The van der Waals surface area contributed by atoms with Gasteiger partial charge in [-0.25, -0.2) is 0 Å². The Bertz CT molecular complexity index is 282. The lowest BCUT2D eigenvalue weighted by Crippen LogP contribution is -2.33. The Morgan fingerprint density at radius 1 is 1.46 bits per heavy atom. The Kier molecular flexibility index (Phi) is 1.53. The number of Topliss-reactive ketones (excluding diaryl/α,β-unsaturated/α-hetero) is 1. The van der Waals surface area contributed by atoms with Gasteiger partial charge in [0.15, 0.2) is 0 Å². The van der Waals surface area contributed by atoms with Crippen molar-refractivity contribution in [3.63, 3.8) is 0 Å². The topological polar surface area (TPSA) is 40.9 Å². The first-order chi connectivity index (χ1) is 5.95. The number of carbonyl (C=O) groups is 1. The average Bonchev–Trinajstić information content (AvgIpc) is 2.36. The summed E-state index contributed by atoms with van der Waals surface area (Å²) in [6, 6.07) is 0. The fraction of sp³-hybridized carbons (Fsp3) is 0.818. The number of nitrogens with one attached hydrogen (secondary N) is 1. The van der Waals surface area contributed by atoms with Crippen LogP contribution in [0.2, 0.25) is 0 Å². The minimum absolute atomic E-state index is 0.0891. The standard InChI is InChI=1S/C11H17NO/c1-10(2)8-4-5-11(10,3)9(13)7(8)6-12/h6-8,12H,4-5H2,1-3H3/t7-,8+,11-/m0/s1. The van der Waals surface area contributed by atoms with Crippen LogP contribution in [0.1, 0.15) is 33.6 Å². The molecule has 2 fully saturated rings. The van der Waals surface area contributed by atoms with Crippen molar-refractivity contribution in [1.29, 1.82) is 5.41 Å². The minimum Gasteiger partial charge on any atom is -0.312 e. The Labute approximate surface area is 79.2 Å². The number of hydrogen-bond acceptors (Lipinski definition) is 2. The Hall–Kier alpha value is -0.660. The van der Waals surface area contributed by atoms with Crippen LogP contribution in [0.4, 0.5) is 0 Å². The fourth-order valence-electron chi connectivity index (χ4n) is 3.35. The molecule has 0 aromatic heterocycles. The largest absolute Gasteiger partial charge is 0.312 e. The van der Waals surface area contributed by atoms with E-state index in [-0.39, 0.29) is 16.7 Å². The van der Waals surface area contributed by atoms with Crippen molar-refractivity contribution in [3.8, 4) is 0 Å². The van der Waals surface area contributed by atoms with Gasteiger partial charge in [0, 0.05) is 11.6 Å². The molecule has 2 bridgehead atoms. The van der Waals surface area contributed by atoms with Gasteiger partial charge in [-0.2, -0.15) is 0 Å². The van der Waals surface area contributed by atoms with Crippen LogP contribution >= 0.6 is 0 Å². The second-order valence-electron chi connectivity index (χ2n) is 5.26. The quantitative estimate of drug-likeness (QED) is 0.616. The molecule has 0 radical (unpaired) electrons. The summed E-state index contributed by atoms with van der Waals surface area (Å²) in [6.07, 6.45) is 3.50. The van der Waals surface area contributed by atoms with Crippen LogP contribution in [0.25, 0.3) is 0 Å². The third kappa shape index (κ3) is 0.749. The van der Waals surface area contributed by atoms with Crippen molar-refractivity contribution in [3.05, 3.63) is 0 Å². The summed E-state index contributed by atoms with van der Waals surface area (Å²) in [7, 11) is 0. The lowest BCUT2D eigenvalue weighted by molar-refractivity contribution is -0.129. The van der Waals surface area contributed by atoms with Gasteiger partial charge in [0.1, 0.15) is 5.78 Å². The third-order valence-electron chi connectivity index (χ3n) is 4.76. The zero-order valence-corrected chi connectivity index (χ0v) is 8.55. The summed E-state index contributed by atoms with van der Waals surface area (Å²) < 4.78 is 0. The van der Waals surface area contributed by atoms with Gasteiger partial charge in [-0.1, -0.05) is 20.8 Å². The van der Waals surface area contributed by atoms with Crippen LogP contribution in [0.3, 0.4) is 0 Å². The van der Waals surface area contributed by atoms with E-state index in [1.165, 1.54) is 6.21 Å². The molecule has 2 rings (SSSR count). The van der Waals surface area contributed by atoms with E-state index in [2.05, 4.69) is 20.8 Å². The van der Waals surface area contributed by atoms with Gasteiger partial charge >= 0.3 is 0 Å². The van der Waals surface area contributed by atoms with Gasteiger partial charge < -0.3 is 5.41 Å². The van der Waals surface area contributed by atoms with E-state index in [1.54, 1.807) is 0 Å². The molecule has 2 nitrogen and oxygen atoms in total. The van der Waals surface area contributed by atoms with Gasteiger partial charge in [0.2, 0.25) is 0 Å². The fourth-order valence-corrected chi connectivity index (χ4v) is 3.35. The van der Waals surface area contributed by atoms with E-state index in [9.17, 15) is 4.79 Å². The first kappa shape index (κ1) is 8.92. The molecule has 3 atom stereocenters. The Morgan fingerprint density at radius 3 is 2.38 bits per heavy atom. The van der Waals surface area contributed by atoms with E-state index in [0.717, 1.165) is 12.8 Å². The maximum absolute atomic E-state index is 12.0. The molecule has 13 heavy (non-hydrogen) atoms. The second kappa shape index (κ2) is 2.23. The average molecular weight is 179 g/mol. The van der Waals surface area contributed by atoms with Crippen molar-refractivity contribution in [2.45, 2.75) is 33.6 Å². The summed E-state index contributed by atoms with van der Waals surface area (Å²) in [6.45, 7) is 6.46. The van der Waals surface area contributed by atoms with Crippen molar-refractivity contribution >= 4 is 12.0 Å². The highest BCUT2D eigenvalue weighted by molar-refractivity contribution is 6.01. The second-order valence-corrected chi connectivity index (χ2v) is 5.26. The highest BCUT2D eigenvalue weighted by Crippen LogP contribution is 2.65. The summed E-state index contributed by atoms with van der Waals surface area (Å²) >= 11 is 0. The van der Waals surface area contributed by atoms with Crippen LogP contribution < -0.4 is 0 Å². The van der Waals surface area contributed by atoms with Crippen LogP contribution in [0.5, 0.6) is 0 Å². The van der Waals surface area contributed by atoms with Crippen molar-refractivity contribution in [2.75, 3.05) is 0 Å². The smallest absolute Gasteiger partial charge is 0.147 e. The predicted octanol–water partition coefficient (Wildman–Crippen LogP) is 2.28. The van der Waals surface area contributed by atoms with E-state index in [4.69, 9.17) is 5.41 Å². The molecule has 72 valence electrons. The summed E-state index contributed by atoms with van der Waals surface area (Å²) in [5, 5.41) is 7.30. The summed E-state index contributed by atoms with van der Waals surface area (Å²) in [5.41, 5.74) is -0.0494. The van der Waals surface area contributed by atoms with E-state index in [0.29, 0.717) is 11.7 Å². The number of carbonyl (C=O) groups excluding carboxylic acids is 1. The molecule has 0 aromatic rings. The molecule has 1 N–H and O–H groups in total. The Morgan fingerprint density at radius 2 is 2.08 bits per heavy atom. The normalized spacial score (nSPS) is 46.8. The lowest BCUT2D eigenvalue weighted by atomic mass is 9.70. The molecule has 2 saturated carbocycles. The van der Waals surface area contributed by atoms with Crippen LogP contribution in [0.15, 0.2) is 0 Å². The Balaban J connectivity index is 2.50. The SMILES string of the molecule is CC1(C)[C@@H]2CC[C@@]1(C)C(=O)[C@H]2C=N. The van der Waals surface area contributed by atoms with Crippen molar-refractivity contribution in [1.82, 2.24) is 0 Å². The molecule has 2 aliphatic carbocycles. The van der Waals surface area contributed by atoms with E-state index < -0.39 is 0 Å². The molecule has 0 spiro atoms. The molecule has 0 saturated heterocycles. The maximum atomic E-state index is 12.0. The van der Waals surface area contributed by atoms with Crippen LogP contribution in [-0.4, -0.2) is 12.0 Å². The predicted molar refractivity (Wildman–Crippen MR) is 51.9 cm³/mol. The van der Waals surface area contributed by atoms with Crippen LogP contribution in [-0.2, 0) is 4.79 Å². The van der Waals surface area contributed by atoms with Crippen molar-refractivity contribution in [2.24, 2.45) is 22.7 Å². The van der Waals surface area contributed by atoms with Gasteiger partial charge in [-0.3, -0.25) is 4.79 Å². The molecule has 0 amide bonds. The zero-order valence-electron chi connectivity index (χ0n) is 8.55. The first-order valence-corrected chi connectivity index (χ1v) is 5.00. The maximum Gasteiger partial charge on any atom is 0.147 e. The van der Waals surface area contributed by atoms with E-state index >= 15 is 0 Å². The molecular formula is C11H17NO. The van der Waals surface area contributed by atoms with Gasteiger partial charge in [-0.15, -0.1) is 0 Å². The van der Waals surface area contributed by atoms with Crippen molar-refractivity contribution < 1.29 is 4.79 Å². The molecule has 2 heteroatoms. The van der Waals surface area contributed by atoms with E-state index in [1.807, 2.05) is 0 Å². The molecule has 0 unspecified atom stereocenters. The third-order valence-corrected chi connectivity index (χ3v) is 4.76. The summed E-state index contributed by atoms with van der Waals surface area (Å²) in [5.74, 6) is 0.639. The molecular weight excluding hydrogens is 162 g/mol. The zero-order chi connectivity index (χ0) is 9.85.